The molecule has 0 heterocycles. The van der Waals surface area contributed by atoms with Crippen molar-refractivity contribution < 1.29 is 14.0 Å². The van der Waals surface area contributed by atoms with Gasteiger partial charge in [-0.3, -0.25) is 9.59 Å². The molecule has 0 aliphatic heterocycles. The Bertz CT molecular complexity index is 520. The molecule has 1 atom stereocenters. The Kier molecular flexibility index (Phi) is 6.09. The number of hydrogen-bond donors (Lipinski definition) is 1. The van der Waals surface area contributed by atoms with Gasteiger partial charge in [0, 0.05) is 25.4 Å². The molecular weight excluding hydrogens is 283 g/mol. The van der Waals surface area contributed by atoms with Crippen LogP contribution < -0.4 is 5.32 Å². The second kappa shape index (κ2) is 7.38. The molecule has 2 amide bonds. The lowest BCUT2D eigenvalue weighted by molar-refractivity contribution is -0.132. The summed E-state index contributed by atoms with van der Waals surface area (Å²) in [7, 11) is 1.71. The van der Waals surface area contributed by atoms with Crippen LogP contribution in [-0.2, 0) is 9.59 Å². The number of halogens is 1. The average molecular weight is 308 g/mol. The highest BCUT2D eigenvalue weighted by Gasteiger charge is 2.22. The Balaban J connectivity index is 2.51. The molecule has 4 nitrogen and oxygen atoms in total. The fourth-order valence-corrected chi connectivity index (χ4v) is 1.91. The zero-order valence-electron chi connectivity index (χ0n) is 13.9. The van der Waals surface area contributed by atoms with E-state index in [-0.39, 0.29) is 30.1 Å². The lowest BCUT2D eigenvalue weighted by Gasteiger charge is -2.26. The van der Waals surface area contributed by atoms with Crippen LogP contribution in [0.1, 0.15) is 45.7 Å². The third-order valence-corrected chi connectivity index (χ3v) is 3.63. The summed E-state index contributed by atoms with van der Waals surface area (Å²) in [5, 5.41) is 2.76. The maximum absolute atomic E-state index is 12.9. The molecule has 1 N–H and O–H groups in total. The van der Waals surface area contributed by atoms with Gasteiger partial charge < -0.3 is 10.2 Å². The molecule has 0 saturated heterocycles. The largest absolute Gasteiger partial charge is 0.355 e. The molecule has 0 saturated carbocycles. The molecule has 0 aliphatic carbocycles. The average Bonchev–Trinajstić information content (AvgIpc) is 2.45. The highest BCUT2D eigenvalue weighted by Crippen LogP contribution is 2.19. The van der Waals surface area contributed by atoms with Gasteiger partial charge >= 0.3 is 0 Å². The SMILES string of the molecule is CC(c1ccc(F)cc1)N(C)C(=O)CCNC(=O)C(C)(C)C. The van der Waals surface area contributed by atoms with Gasteiger partial charge in [0.2, 0.25) is 11.8 Å². The minimum atomic E-state index is -0.462. The van der Waals surface area contributed by atoms with Crippen molar-refractivity contribution in [3.8, 4) is 0 Å². The first kappa shape index (κ1) is 18.1. The Morgan fingerprint density at radius 1 is 1.23 bits per heavy atom. The van der Waals surface area contributed by atoms with Crippen LogP contribution in [0.2, 0.25) is 0 Å². The van der Waals surface area contributed by atoms with Crippen LogP contribution in [0.25, 0.3) is 0 Å². The normalized spacial score (nSPS) is 12.6. The van der Waals surface area contributed by atoms with Gasteiger partial charge in [-0.05, 0) is 24.6 Å². The van der Waals surface area contributed by atoms with E-state index in [1.165, 1.54) is 12.1 Å². The molecule has 1 unspecified atom stereocenters. The third-order valence-electron chi connectivity index (χ3n) is 3.63. The second-order valence-corrected chi connectivity index (χ2v) is 6.49. The van der Waals surface area contributed by atoms with Crippen molar-refractivity contribution in [3.05, 3.63) is 35.6 Å². The molecule has 1 aromatic rings. The summed E-state index contributed by atoms with van der Waals surface area (Å²) in [6.45, 7) is 7.68. The van der Waals surface area contributed by atoms with Crippen LogP contribution in [0.3, 0.4) is 0 Å². The van der Waals surface area contributed by atoms with E-state index in [0.29, 0.717) is 6.54 Å². The van der Waals surface area contributed by atoms with Crippen LogP contribution in [-0.4, -0.2) is 30.3 Å². The van der Waals surface area contributed by atoms with E-state index >= 15 is 0 Å². The topological polar surface area (TPSA) is 49.4 Å². The zero-order valence-corrected chi connectivity index (χ0v) is 13.9. The Morgan fingerprint density at radius 2 is 1.77 bits per heavy atom. The summed E-state index contributed by atoms with van der Waals surface area (Å²) in [6, 6.07) is 5.96. The molecular formula is C17H25FN2O2. The summed E-state index contributed by atoms with van der Waals surface area (Å²) in [6.07, 6.45) is 0.240. The molecule has 0 spiro atoms. The zero-order chi connectivity index (χ0) is 16.9. The third kappa shape index (κ3) is 5.13. The summed E-state index contributed by atoms with van der Waals surface area (Å²) >= 11 is 0. The van der Waals surface area contributed by atoms with Crippen LogP contribution >= 0.6 is 0 Å². The van der Waals surface area contributed by atoms with Gasteiger partial charge in [0.25, 0.3) is 0 Å². The van der Waals surface area contributed by atoms with E-state index in [9.17, 15) is 14.0 Å². The van der Waals surface area contributed by atoms with Crippen molar-refractivity contribution >= 4 is 11.8 Å². The van der Waals surface area contributed by atoms with Crippen LogP contribution in [0.5, 0.6) is 0 Å². The summed E-state index contributed by atoms with van der Waals surface area (Å²) in [5.41, 5.74) is 0.409. The minimum Gasteiger partial charge on any atom is -0.355 e. The molecule has 0 fully saturated rings. The van der Waals surface area contributed by atoms with Gasteiger partial charge in [0.15, 0.2) is 0 Å². The number of hydrogen-bond acceptors (Lipinski definition) is 2. The maximum atomic E-state index is 12.9. The number of nitrogens with zero attached hydrogens (tertiary/aromatic N) is 1. The van der Waals surface area contributed by atoms with Gasteiger partial charge in [-0.2, -0.15) is 0 Å². The molecule has 1 aromatic carbocycles. The van der Waals surface area contributed by atoms with Crippen molar-refractivity contribution in [1.29, 1.82) is 0 Å². The molecule has 122 valence electrons. The first-order chi connectivity index (χ1) is 10.1. The first-order valence-corrected chi connectivity index (χ1v) is 7.42. The Labute approximate surface area is 131 Å². The molecule has 0 aliphatic rings. The van der Waals surface area contributed by atoms with Crippen LogP contribution in [0.15, 0.2) is 24.3 Å². The quantitative estimate of drug-likeness (QED) is 0.909. The Hall–Kier alpha value is -1.91. The van der Waals surface area contributed by atoms with E-state index in [2.05, 4.69) is 5.32 Å². The van der Waals surface area contributed by atoms with Gasteiger partial charge in [-0.25, -0.2) is 4.39 Å². The molecule has 0 radical (unpaired) electrons. The fourth-order valence-electron chi connectivity index (χ4n) is 1.91. The number of nitrogens with one attached hydrogen (secondary N) is 1. The predicted octanol–water partition coefficient (Wildman–Crippen LogP) is 2.90. The smallest absolute Gasteiger partial charge is 0.225 e. The number of carbonyl (C=O) groups excluding carboxylic acids is 2. The van der Waals surface area contributed by atoms with Gasteiger partial charge in [-0.15, -0.1) is 0 Å². The van der Waals surface area contributed by atoms with E-state index in [0.717, 1.165) is 5.56 Å². The molecule has 0 bridgehead atoms. The molecule has 22 heavy (non-hydrogen) atoms. The van der Waals surface area contributed by atoms with Gasteiger partial charge in [0.1, 0.15) is 5.82 Å². The number of carbonyl (C=O) groups is 2. The lowest BCUT2D eigenvalue weighted by Crippen LogP contribution is -2.38. The van der Waals surface area contributed by atoms with Crippen LogP contribution in [0.4, 0.5) is 4.39 Å². The monoisotopic (exact) mass is 308 g/mol. The van der Waals surface area contributed by atoms with E-state index in [1.807, 2.05) is 27.7 Å². The summed E-state index contributed by atoms with van der Waals surface area (Å²) < 4.78 is 12.9. The van der Waals surface area contributed by atoms with Crippen LogP contribution in [0, 0.1) is 11.2 Å². The number of rotatable bonds is 5. The standard InChI is InChI=1S/C17H25FN2O2/c1-12(13-6-8-14(18)9-7-13)20(5)15(21)10-11-19-16(22)17(2,3)4/h6-9,12H,10-11H2,1-5H3,(H,19,22). The second-order valence-electron chi connectivity index (χ2n) is 6.49. The lowest BCUT2D eigenvalue weighted by atomic mass is 9.96. The van der Waals surface area contributed by atoms with Gasteiger partial charge in [-0.1, -0.05) is 32.9 Å². The molecule has 1 rings (SSSR count). The van der Waals surface area contributed by atoms with E-state index in [4.69, 9.17) is 0 Å². The number of amides is 2. The van der Waals surface area contributed by atoms with Crippen molar-refractivity contribution in [2.24, 2.45) is 5.41 Å². The van der Waals surface area contributed by atoms with Crippen molar-refractivity contribution in [1.82, 2.24) is 10.2 Å². The molecule has 0 aromatic heterocycles. The van der Waals surface area contributed by atoms with E-state index < -0.39 is 5.41 Å². The van der Waals surface area contributed by atoms with Crippen molar-refractivity contribution in [3.63, 3.8) is 0 Å². The number of benzene rings is 1. The van der Waals surface area contributed by atoms with Gasteiger partial charge in [0.05, 0.1) is 6.04 Å². The molecule has 5 heteroatoms. The highest BCUT2D eigenvalue weighted by atomic mass is 19.1. The highest BCUT2D eigenvalue weighted by molar-refractivity contribution is 5.82. The predicted molar refractivity (Wildman–Crippen MR) is 84.7 cm³/mol. The minimum absolute atomic E-state index is 0.0639. The summed E-state index contributed by atoms with van der Waals surface area (Å²) in [5.74, 6) is -0.435. The Morgan fingerprint density at radius 3 is 2.27 bits per heavy atom. The summed E-state index contributed by atoms with van der Waals surface area (Å²) in [4.78, 5) is 25.5. The maximum Gasteiger partial charge on any atom is 0.225 e. The van der Waals surface area contributed by atoms with Crippen molar-refractivity contribution in [2.75, 3.05) is 13.6 Å². The first-order valence-electron chi connectivity index (χ1n) is 7.42. The fraction of sp³-hybridized carbons (Fsp3) is 0.529. The van der Waals surface area contributed by atoms with E-state index in [1.54, 1.807) is 24.1 Å². The van der Waals surface area contributed by atoms with Crippen molar-refractivity contribution in [2.45, 2.75) is 40.2 Å².